The molecule has 31 heavy (non-hydrogen) atoms. The number of hydrogen-bond donors (Lipinski definition) is 2. The van der Waals surface area contributed by atoms with Gasteiger partial charge in [-0.2, -0.15) is 14.4 Å². The monoisotopic (exact) mass is 433 g/mol. The van der Waals surface area contributed by atoms with Crippen LogP contribution >= 0.6 is 0 Å². The first kappa shape index (κ1) is 22.6. The van der Waals surface area contributed by atoms with Gasteiger partial charge in [0.15, 0.2) is 22.6 Å². The number of esters is 1. The predicted octanol–water partition coefficient (Wildman–Crippen LogP) is 1.70. The van der Waals surface area contributed by atoms with E-state index < -0.39 is 36.6 Å². The number of imidazole rings is 1. The molecule has 3 atom stereocenters. The fraction of sp³-hybridized carbons (Fsp3) is 0.550. The zero-order chi connectivity index (χ0) is 22.6. The molecule has 0 saturated carbocycles. The summed E-state index contributed by atoms with van der Waals surface area (Å²) in [5.74, 6) is 1.53. The van der Waals surface area contributed by atoms with Gasteiger partial charge in [-0.3, -0.25) is 14.2 Å². The van der Waals surface area contributed by atoms with Gasteiger partial charge in [-0.25, -0.2) is 4.98 Å². The highest BCUT2D eigenvalue weighted by molar-refractivity contribution is 5.96. The van der Waals surface area contributed by atoms with Crippen LogP contribution in [0.25, 0.3) is 11.2 Å². The molecule has 1 saturated heterocycles. The number of carbonyl (C=O) groups excluding carboxylic acids is 2. The first-order valence-corrected chi connectivity index (χ1v) is 10.0. The van der Waals surface area contributed by atoms with Gasteiger partial charge in [0.1, 0.15) is 12.3 Å². The Morgan fingerprint density at radius 1 is 1.42 bits per heavy atom. The molecule has 0 unspecified atom stereocenters. The molecule has 2 N–H and O–H groups in total. The lowest BCUT2D eigenvalue weighted by molar-refractivity contribution is -0.158. The molecule has 0 bridgehead atoms. The van der Waals surface area contributed by atoms with Crippen molar-refractivity contribution >= 4 is 28.9 Å². The third-order valence-corrected chi connectivity index (χ3v) is 4.93. The molecule has 0 spiro atoms. The van der Waals surface area contributed by atoms with Crippen LogP contribution in [-0.4, -0.2) is 54.8 Å². The largest absolute Gasteiger partial charge is 0.458 e. The highest BCUT2D eigenvalue weighted by Crippen LogP contribution is 2.40. The molecule has 1 aliphatic heterocycles. The molecule has 11 heteroatoms. The smallest absolute Gasteiger partial charge is 0.312 e. The number of rotatable bonds is 8. The number of hydrogen-bond acceptors (Lipinski definition) is 8. The van der Waals surface area contributed by atoms with Gasteiger partial charge >= 0.3 is 12.0 Å². The van der Waals surface area contributed by atoms with Crippen LogP contribution in [0.15, 0.2) is 6.33 Å². The van der Waals surface area contributed by atoms with Gasteiger partial charge < -0.3 is 19.9 Å². The number of nitrogens with zero attached hydrogens (tertiary/aromatic N) is 4. The Kier molecular flexibility index (Phi) is 6.82. The van der Waals surface area contributed by atoms with Crippen molar-refractivity contribution in [3.05, 3.63) is 12.4 Å². The summed E-state index contributed by atoms with van der Waals surface area (Å²) in [6.07, 6.45) is 5.84. The van der Waals surface area contributed by atoms with Crippen LogP contribution in [0.5, 0.6) is 0 Å². The van der Waals surface area contributed by atoms with E-state index in [1.165, 1.54) is 10.9 Å². The molecule has 0 radical (unpaired) electrons. The van der Waals surface area contributed by atoms with Gasteiger partial charge in [-0.15, -0.1) is 6.42 Å². The summed E-state index contributed by atoms with van der Waals surface area (Å²) in [4.78, 5) is 35.5. The van der Waals surface area contributed by atoms with Crippen molar-refractivity contribution < 1.29 is 28.6 Å². The van der Waals surface area contributed by atoms with Crippen LogP contribution in [0.4, 0.5) is 10.2 Å². The zero-order valence-electron chi connectivity index (χ0n) is 17.3. The topological polar surface area (TPSA) is 128 Å². The molecular formula is C20H24FN5O5. The third kappa shape index (κ3) is 4.50. The number of fused-ring (bicyclic) bond motifs is 1. The van der Waals surface area contributed by atoms with Gasteiger partial charge in [-0.05, 0) is 12.8 Å². The number of nitrogens with one attached hydrogen (secondary N) is 1. The summed E-state index contributed by atoms with van der Waals surface area (Å²) in [5.41, 5.74) is -1.33. The lowest BCUT2D eigenvalue weighted by atomic mass is 9.98. The molecule has 1 amide bonds. The summed E-state index contributed by atoms with van der Waals surface area (Å²) >= 11 is 0. The standard InChI is InChI=1S/C20H24FN5O5/c1-4-7-13(28)23-17-16-18(25-19(21)24-17)26(11-22-16)14-9-12(30-15(29)8-5-2)20(6-3,10-27)31-14/h3,11-12,14,27H,4-5,7-10H2,1-2H3,(H,23,24,25,28)/t12-,14+,20+/m0/s1. The Morgan fingerprint density at radius 3 is 2.81 bits per heavy atom. The molecule has 0 aromatic carbocycles. The average molecular weight is 433 g/mol. The quantitative estimate of drug-likeness (QED) is 0.366. The highest BCUT2D eigenvalue weighted by atomic mass is 19.1. The van der Waals surface area contributed by atoms with Gasteiger partial charge in [0.2, 0.25) is 5.91 Å². The maximum atomic E-state index is 14.1. The average Bonchev–Trinajstić information content (AvgIpc) is 3.30. The van der Waals surface area contributed by atoms with Gasteiger partial charge in [0.25, 0.3) is 0 Å². The van der Waals surface area contributed by atoms with Crippen LogP contribution in [-0.2, 0) is 19.1 Å². The van der Waals surface area contributed by atoms with Crippen LogP contribution in [0.2, 0.25) is 0 Å². The second-order valence-electron chi connectivity index (χ2n) is 7.19. The van der Waals surface area contributed by atoms with Crippen molar-refractivity contribution in [2.75, 3.05) is 11.9 Å². The van der Waals surface area contributed by atoms with Crippen molar-refractivity contribution in [3.8, 4) is 12.3 Å². The zero-order valence-corrected chi connectivity index (χ0v) is 17.3. The normalized spacial score (nSPS) is 22.9. The minimum absolute atomic E-state index is 0.0611. The molecule has 0 aliphatic carbocycles. The Labute approximate surface area is 178 Å². The Bertz CT molecular complexity index is 1020. The number of ether oxygens (including phenoxy) is 2. The van der Waals surface area contributed by atoms with Crippen LogP contribution in [0.1, 0.15) is 52.2 Å². The lowest BCUT2D eigenvalue weighted by Crippen LogP contribution is -2.44. The number of carbonyl (C=O) groups is 2. The summed E-state index contributed by atoms with van der Waals surface area (Å²) in [6, 6.07) is 0. The summed E-state index contributed by atoms with van der Waals surface area (Å²) in [7, 11) is 0. The highest BCUT2D eigenvalue weighted by Gasteiger charge is 2.51. The molecule has 166 valence electrons. The second-order valence-corrected chi connectivity index (χ2v) is 7.19. The minimum atomic E-state index is -1.56. The van der Waals surface area contributed by atoms with Crippen molar-refractivity contribution in [1.82, 2.24) is 19.5 Å². The molecular weight excluding hydrogens is 409 g/mol. The van der Waals surface area contributed by atoms with E-state index in [0.29, 0.717) is 12.8 Å². The number of anilines is 1. The molecule has 1 fully saturated rings. The summed E-state index contributed by atoms with van der Waals surface area (Å²) in [5, 5.41) is 12.4. The van der Waals surface area contributed by atoms with E-state index in [-0.39, 0.29) is 42.2 Å². The minimum Gasteiger partial charge on any atom is -0.458 e. The fourth-order valence-corrected chi connectivity index (χ4v) is 3.40. The summed E-state index contributed by atoms with van der Waals surface area (Å²) in [6.45, 7) is 3.08. The lowest BCUT2D eigenvalue weighted by Gasteiger charge is -2.26. The number of aliphatic hydroxyl groups is 1. The van der Waals surface area contributed by atoms with E-state index in [1.807, 2.05) is 13.8 Å². The maximum Gasteiger partial charge on any atom is 0.312 e. The van der Waals surface area contributed by atoms with E-state index in [1.54, 1.807) is 0 Å². The van der Waals surface area contributed by atoms with Crippen molar-refractivity contribution in [2.24, 2.45) is 0 Å². The van der Waals surface area contributed by atoms with E-state index in [9.17, 15) is 19.1 Å². The molecule has 10 nitrogen and oxygen atoms in total. The van der Waals surface area contributed by atoms with E-state index in [2.05, 4.69) is 26.2 Å². The predicted molar refractivity (Wildman–Crippen MR) is 107 cm³/mol. The van der Waals surface area contributed by atoms with Gasteiger partial charge in [0, 0.05) is 19.3 Å². The van der Waals surface area contributed by atoms with Gasteiger partial charge in [-0.1, -0.05) is 19.8 Å². The van der Waals surface area contributed by atoms with E-state index in [0.717, 1.165) is 0 Å². The van der Waals surface area contributed by atoms with E-state index >= 15 is 0 Å². The third-order valence-electron chi connectivity index (χ3n) is 4.93. The van der Waals surface area contributed by atoms with Gasteiger partial charge in [0.05, 0.1) is 12.9 Å². The second kappa shape index (κ2) is 9.36. The Morgan fingerprint density at radius 2 is 2.16 bits per heavy atom. The first-order valence-electron chi connectivity index (χ1n) is 10.0. The van der Waals surface area contributed by atoms with Crippen LogP contribution in [0, 0.1) is 18.4 Å². The first-order chi connectivity index (χ1) is 14.9. The molecule has 2 aromatic heterocycles. The fourth-order valence-electron chi connectivity index (χ4n) is 3.40. The number of aromatic nitrogens is 4. The van der Waals surface area contributed by atoms with Crippen molar-refractivity contribution in [1.29, 1.82) is 0 Å². The number of amides is 1. The Balaban J connectivity index is 1.94. The van der Waals surface area contributed by atoms with Crippen molar-refractivity contribution in [3.63, 3.8) is 0 Å². The van der Waals surface area contributed by atoms with Crippen molar-refractivity contribution in [2.45, 2.75) is 63.9 Å². The van der Waals surface area contributed by atoms with Crippen LogP contribution < -0.4 is 5.32 Å². The number of halogens is 1. The Hall–Kier alpha value is -3.10. The number of terminal acetylenes is 1. The molecule has 3 rings (SSSR count). The number of aliphatic hydroxyl groups excluding tert-OH is 1. The maximum absolute atomic E-state index is 14.1. The summed E-state index contributed by atoms with van der Waals surface area (Å²) < 4.78 is 26.8. The molecule has 1 aliphatic rings. The molecule has 3 heterocycles. The molecule has 2 aromatic rings. The van der Waals surface area contributed by atoms with Crippen LogP contribution in [0.3, 0.4) is 0 Å². The van der Waals surface area contributed by atoms with E-state index in [4.69, 9.17) is 15.9 Å². The SMILES string of the molecule is C#C[C@]1(CO)O[C@@H](n2cnc3c(NC(=O)CCC)nc(F)nc32)C[C@@H]1OC(=O)CCC.